The summed E-state index contributed by atoms with van der Waals surface area (Å²) in [5.41, 5.74) is 2.47. The summed E-state index contributed by atoms with van der Waals surface area (Å²) in [5.74, 6) is 0.470. The minimum absolute atomic E-state index is 0.182. The molecular formula is C15H20O. The zero-order valence-electron chi connectivity index (χ0n) is 10.4. The largest absolute Gasteiger partial charge is 0.300 e. The summed E-state index contributed by atoms with van der Waals surface area (Å²) in [6.45, 7) is 5.82. The number of rotatable bonds is 5. The molecule has 0 aliphatic carbocycles. The van der Waals surface area contributed by atoms with Crippen LogP contribution in [0.2, 0.25) is 0 Å². The van der Waals surface area contributed by atoms with Gasteiger partial charge in [0.25, 0.3) is 0 Å². The monoisotopic (exact) mass is 216 g/mol. The highest BCUT2D eigenvalue weighted by Crippen LogP contribution is 2.12. The van der Waals surface area contributed by atoms with Crippen molar-refractivity contribution in [2.75, 3.05) is 0 Å². The number of Topliss-reactive ketones (excluding diaryl/α,β-unsaturated/α-hetero) is 1. The fourth-order valence-electron chi connectivity index (χ4n) is 1.67. The van der Waals surface area contributed by atoms with Gasteiger partial charge >= 0.3 is 0 Å². The summed E-state index contributed by atoms with van der Waals surface area (Å²) in [6, 6.07) is 8.39. The zero-order valence-corrected chi connectivity index (χ0v) is 10.4. The number of hydrogen-bond donors (Lipinski definition) is 0. The van der Waals surface area contributed by atoms with Crippen LogP contribution in [0.4, 0.5) is 0 Å². The lowest BCUT2D eigenvalue weighted by Crippen LogP contribution is -2.07. The summed E-state index contributed by atoms with van der Waals surface area (Å²) < 4.78 is 0. The SMILES string of the molecule is CCC(C/C=C/c1ccc(C)cc1)C(C)=O. The third kappa shape index (κ3) is 4.01. The number of ketones is 1. The summed E-state index contributed by atoms with van der Waals surface area (Å²) in [6.07, 6.45) is 5.96. The van der Waals surface area contributed by atoms with Gasteiger partial charge in [-0.2, -0.15) is 0 Å². The Hall–Kier alpha value is -1.37. The quantitative estimate of drug-likeness (QED) is 0.726. The van der Waals surface area contributed by atoms with E-state index in [1.165, 1.54) is 11.1 Å². The average Bonchev–Trinajstić information content (AvgIpc) is 2.26. The summed E-state index contributed by atoms with van der Waals surface area (Å²) in [7, 11) is 0. The van der Waals surface area contributed by atoms with E-state index in [0.29, 0.717) is 0 Å². The fraction of sp³-hybridized carbons (Fsp3) is 0.400. The van der Waals surface area contributed by atoms with Crippen LogP contribution < -0.4 is 0 Å². The molecule has 0 saturated carbocycles. The zero-order chi connectivity index (χ0) is 12.0. The maximum absolute atomic E-state index is 11.2. The molecule has 1 aromatic carbocycles. The lowest BCUT2D eigenvalue weighted by atomic mass is 9.97. The fourth-order valence-corrected chi connectivity index (χ4v) is 1.67. The molecule has 0 saturated heterocycles. The van der Waals surface area contributed by atoms with E-state index < -0.39 is 0 Å². The Morgan fingerprint density at radius 1 is 1.31 bits per heavy atom. The topological polar surface area (TPSA) is 17.1 Å². The summed E-state index contributed by atoms with van der Waals surface area (Å²) in [5, 5.41) is 0. The molecule has 1 unspecified atom stereocenters. The molecule has 0 heterocycles. The molecule has 86 valence electrons. The molecule has 0 aromatic heterocycles. The number of carbonyl (C=O) groups excluding carboxylic acids is 1. The molecule has 1 nitrogen and oxygen atoms in total. The standard InChI is InChI=1S/C15H20O/c1-4-15(13(3)16)7-5-6-14-10-8-12(2)9-11-14/h5-6,8-11,15H,4,7H2,1-3H3/b6-5+. The Kier molecular flexibility index (Phi) is 4.97. The number of hydrogen-bond acceptors (Lipinski definition) is 1. The lowest BCUT2D eigenvalue weighted by Gasteiger charge is -2.06. The highest BCUT2D eigenvalue weighted by molar-refractivity contribution is 5.78. The van der Waals surface area contributed by atoms with Crippen LogP contribution >= 0.6 is 0 Å². The van der Waals surface area contributed by atoms with Crippen molar-refractivity contribution in [3.63, 3.8) is 0 Å². The van der Waals surface area contributed by atoms with Gasteiger partial charge in [-0.3, -0.25) is 4.79 Å². The summed E-state index contributed by atoms with van der Waals surface area (Å²) in [4.78, 5) is 11.2. The second-order valence-corrected chi connectivity index (χ2v) is 4.26. The Morgan fingerprint density at radius 3 is 2.44 bits per heavy atom. The van der Waals surface area contributed by atoms with Gasteiger partial charge in [0, 0.05) is 5.92 Å². The van der Waals surface area contributed by atoms with Crippen LogP contribution in [0.5, 0.6) is 0 Å². The first-order chi connectivity index (χ1) is 7.63. The third-order valence-corrected chi connectivity index (χ3v) is 2.88. The number of allylic oxidation sites excluding steroid dienone is 1. The van der Waals surface area contributed by atoms with E-state index in [-0.39, 0.29) is 11.7 Å². The Labute approximate surface area is 98.2 Å². The molecule has 0 fully saturated rings. The molecule has 0 aliphatic rings. The first-order valence-corrected chi connectivity index (χ1v) is 5.87. The second-order valence-electron chi connectivity index (χ2n) is 4.26. The number of benzene rings is 1. The normalized spacial score (nSPS) is 12.9. The van der Waals surface area contributed by atoms with Gasteiger partial charge in [-0.15, -0.1) is 0 Å². The van der Waals surface area contributed by atoms with Crippen molar-refractivity contribution in [3.8, 4) is 0 Å². The van der Waals surface area contributed by atoms with Gasteiger partial charge < -0.3 is 0 Å². The lowest BCUT2D eigenvalue weighted by molar-refractivity contribution is -0.120. The first kappa shape index (κ1) is 12.7. The second kappa shape index (κ2) is 6.26. The van der Waals surface area contributed by atoms with E-state index in [9.17, 15) is 4.79 Å². The molecular weight excluding hydrogens is 196 g/mol. The van der Waals surface area contributed by atoms with E-state index in [1.807, 2.05) is 0 Å². The van der Waals surface area contributed by atoms with Crippen LogP contribution in [0.1, 0.15) is 37.8 Å². The molecule has 0 aliphatic heterocycles. The Balaban J connectivity index is 2.54. The van der Waals surface area contributed by atoms with Crippen LogP contribution in [-0.4, -0.2) is 5.78 Å². The molecule has 0 N–H and O–H groups in total. The van der Waals surface area contributed by atoms with E-state index >= 15 is 0 Å². The van der Waals surface area contributed by atoms with Gasteiger partial charge in [0.1, 0.15) is 5.78 Å². The third-order valence-electron chi connectivity index (χ3n) is 2.88. The van der Waals surface area contributed by atoms with Gasteiger partial charge in [-0.05, 0) is 32.3 Å². The van der Waals surface area contributed by atoms with Gasteiger partial charge in [-0.1, -0.05) is 48.9 Å². The predicted molar refractivity (Wildman–Crippen MR) is 69.3 cm³/mol. The number of aryl methyl sites for hydroxylation is 1. The van der Waals surface area contributed by atoms with Gasteiger partial charge in [-0.25, -0.2) is 0 Å². The maximum Gasteiger partial charge on any atom is 0.133 e. The first-order valence-electron chi connectivity index (χ1n) is 5.87. The molecule has 1 atom stereocenters. The van der Waals surface area contributed by atoms with Crippen molar-refractivity contribution >= 4 is 11.9 Å². The van der Waals surface area contributed by atoms with E-state index in [4.69, 9.17) is 0 Å². The molecule has 1 heteroatoms. The molecule has 16 heavy (non-hydrogen) atoms. The van der Waals surface area contributed by atoms with Crippen molar-refractivity contribution in [2.24, 2.45) is 5.92 Å². The van der Waals surface area contributed by atoms with Crippen LogP contribution in [-0.2, 0) is 4.79 Å². The Bertz CT molecular complexity index is 360. The molecule has 1 rings (SSSR count). The molecule has 1 aromatic rings. The maximum atomic E-state index is 11.2. The van der Waals surface area contributed by atoms with Crippen molar-refractivity contribution in [2.45, 2.75) is 33.6 Å². The van der Waals surface area contributed by atoms with E-state index in [0.717, 1.165) is 12.8 Å². The van der Waals surface area contributed by atoms with Crippen LogP contribution in [0.15, 0.2) is 30.3 Å². The van der Waals surface area contributed by atoms with Crippen molar-refractivity contribution in [3.05, 3.63) is 41.5 Å². The van der Waals surface area contributed by atoms with E-state index in [1.54, 1.807) is 6.92 Å². The Morgan fingerprint density at radius 2 is 1.94 bits per heavy atom. The minimum atomic E-state index is 0.182. The van der Waals surface area contributed by atoms with Crippen molar-refractivity contribution < 1.29 is 4.79 Å². The van der Waals surface area contributed by atoms with E-state index in [2.05, 4.69) is 50.3 Å². The van der Waals surface area contributed by atoms with Crippen molar-refractivity contribution in [1.29, 1.82) is 0 Å². The van der Waals surface area contributed by atoms with Gasteiger partial charge in [0.15, 0.2) is 0 Å². The summed E-state index contributed by atoms with van der Waals surface area (Å²) >= 11 is 0. The van der Waals surface area contributed by atoms with Gasteiger partial charge in [0.05, 0.1) is 0 Å². The molecule has 0 spiro atoms. The smallest absolute Gasteiger partial charge is 0.133 e. The number of carbonyl (C=O) groups is 1. The minimum Gasteiger partial charge on any atom is -0.300 e. The molecule has 0 amide bonds. The predicted octanol–water partition coefficient (Wildman–Crippen LogP) is 4.01. The van der Waals surface area contributed by atoms with Crippen LogP contribution in [0.25, 0.3) is 6.08 Å². The highest BCUT2D eigenvalue weighted by atomic mass is 16.1. The molecule has 0 bridgehead atoms. The van der Waals surface area contributed by atoms with Crippen LogP contribution in [0, 0.1) is 12.8 Å². The molecule has 0 radical (unpaired) electrons. The van der Waals surface area contributed by atoms with Crippen molar-refractivity contribution in [1.82, 2.24) is 0 Å². The van der Waals surface area contributed by atoms with Crippen LogP contribution in [0.3, 0.4) is 0 Å². The van der Waals surface area contributed by atoms with Gasteiger partial charge in [0.2, 0.25) is 0 Å². The average molecular weight is 216 g/mol. The highest BCUT2D eigenvalue weighted by Gasteiger charge is 2.08.